The molecule has 0 fully saturated rings. The molecule has 2 aliphatic heterocycles. The molecule has 1 aromatic rings. The van der Waals surface area contributed by atoms with Crippen LogP contribution in [0.4, 0.5) is 0 Å². The molecule has 3 rings (SSSR count). The van der Waals surface area contributed by atoms with Crippen LogP contribution in [-0.2, 0) is 6.42 Å². The average Bonchev–Trinajstić information content (AvgIpc) is 2.72. The number of aliphatic hydroxyl groups excluding tert-OH is 1. The molecule has 2 heterocycles. The van der Waals surface area contributed by atoms with Gasteiger partial charge < -0.3 is 15.2 Å². The van der Waals surface area contributed by atoms with Crippen LogP contribution in [0.5, 0.6) is 5.75 Å². The highest BCUT2D eigenvalue weighted by molar-refractivity contribution is 5.46. The zero-order chi connectivity index (χ0) is 11.7. The van der Waals surface area contributed by atoms with Gasteiger partial charge in [0.1, 0.15) is 5.75 Å². The summed E-state index contributed by atoms with van der Waals surface area (Å²) in [6.45, 7) is 1.55. The maximum absolute atomic E-state index is 10.2. The Morgan fingerprint density at radius 3 is 3.18 bits per heavy atom. The molecule has 0 saturated heterocycles. The van der Waals surface area contributed by atoms with E-state index in [0.717, 1.165) is 30.9 Å². The van der Waals surface area contributed by atoms with Crippen molar-refractivity contribution in [1.82, 2.24) is 5.32 Å². The van der Waals surface area contributed by atoms with E-state index in [9.17, 15) is 5.11 Å². The monoisotopic (exact) mass is 231 g/mol. The highest BCUT2D eigenvalue weighted by Crippen LogP contribution is 2.35. The molecule has 17 heavy (non-hydrogen) atoms. The Kier molecular flexibility index (Phi) is 2.87. The first-order valence-corrected chi connectivity index (χ1v) is 6.17. The molecule has 0 radical (unpaired) electrons. The predicted molar refractivity (Wildman–Crippen MR) is 66.1 cm³/mol. The second kappa shape index (κ2) is 4.51. The van der Waals surface area contributed by atoms with Gasteiger partial charge in [-0.25, -0.2) is 0 Å². The number of benzene rings is 1. The van der Waals surface area contributed by atoms with E-state index in [1.165, 1.54) is 5.56 Å². The molecule has 2 aliphatic rings. The summed E-state index contributed by atoms with van der Waals surface area (Å²) in [6, 6.07) is 6.18. The quantitative estimate of drug-likeness (QED) is 0.721. The molecule has 0 saturated carbocycles. The van der Waals surface area contributed by atoms with Crippen molar-refractivity contribution in [2.45, 2.75) is 25.0 Å². The second-order valence-corrected chi connectivity index (χ2v) is 4.59. The van der Waals surface area contributed by atoms with Gasteiger partial charge in [0.15, 0.2) is 0 Å². The Bertz CT molecular complexity index is 442. The van der Waals surface area contributed by atoms with Crippen molar-refractivity contribution in [2.24, 2.45) is 0 Å². The SMILES string of the molecule is OC1CC=CCNC1c1cccc2c1OCC2. The fourth-order valence-corrected chi connectivity index (χ4v) is 2.59. The standard InChI is InChI=1S/C14H17NO2/c16-12-6-1-2-8-15-13(12)11-5-3-4-10-7-9-17-14(10)11/h1-5,12-13,15-16H,6-9H2. The van der Waals surface area contributed by atoms with E-state index in [1.807, 2.05) is 6.08 Å². The Morgan fingerprint density at radius 1 is 1.29 bits per heavy atom. The molecule has 2 unspecified atom stereocenters. The van der Waals surface area contributed by atoms with E-state index in [1.54, 1.807) is 0 Å². The first-order valence-electron chi connectivity index (χ1n) is 6.17. The van der Waals surface area contributed by atoms with Crippen molar-refractivity contribution in [3.8, 4) is 5.75 Å². The van der Waals surface area contributed by atoms with Gasteiger partial charge in [0.2, 0.25) is 0 Å². The largest absolute Gasteiger partial charge is 0.493 e. The summed E-state index contributed by atoms with van der Waals surface area (Å²) in [5.41, 5.74) is 2.35. The third kappa shape index (κ3) is 1.96. The third-order valence-electron chi connectivity index (χ3n) is 3.46. The van der Waals surface area contributed by atoms with E-state index in [0.29, 0.717) is 6.42 Å². The Morgan fingerprint density at radius 2 is 2.24 bits per heavy atom. The Labute approximate surface area is 101 Å². The highest BCUT2D eigenvalue weighted by Gasteiger charge is 2.27. The topological polar surface area (TPSA) is 41.5 Å². The number of nitrogens with one attached hydrogen (secondary N) is 1. The van der Waals surface area contributed by atoms with Crippen LogP contribution in [0, 0.1) is 0 Å². The minimum Gasteiger partial charge on any atom is -0.493 e. The second-order valence-electron chi connectivity index (χ2n) is 4.59. The van der Waals surface area contributed by atoms with E-state index in [2.05, 4.69) is 29.6 Å². The zero-order valence-electron chi connectivity index (χ0n) is 9.73. The molecule has 2 N–H and O–H groups in total. The van der Waals surface area contributed by atoms with Crippen LogP contribution in [0.2, 0.25) is 0 Å². The predicted octanol–water partition coefficient (Wildman–Crippen LogP) is 1.57. The number of hydrogen-bond donors (Lipinski definition) is 2. The third-order valence-corrected chi connectivity index (χ3v) is 3.46. The zero-order valence-corrected chi connectivity index (χ0v) is 9.73. The summed E-state index contributed by atoms with van der Waals surface area (Å²) in [4.78, 5) is 0. The molecule has 2 atom stereocenters. The van der Waals surface area contributed by atoms with Crippen LogP contribution in [0.25, 0.3) is 0 Å². The molecule has 0 aliphatic carbocycles. The van der Waals surface area contributed by atoms with E-state index in [-0.39, 0.29) is 12.1 Å². The van der Waals surface area contributed by atoms with E-state index >= 15 is 0 Å². The molecule has 0 spiro atoms. The van der Waals surface area contributed by atoms with Gasteiger partial charge in [0, 0.05) is 18.5 Å². The van der Waals surface area contributed by atoms with E-state index in [4.69, 9.17) is 4.74 Å². The molecule has 0 amide bonds. The Hall–Kier alpha value is -1.32. The fraction of sp³-hybridized carbons (Fsp3) is 0.429. The fourth-order valence-electron chi connectivity index (χ4n) is 2.59. The molecule has 0 aromatic heterocycles. The molecule has 3 nitrogen and oxygen atoms in total. The van der Waals surface area contributed by atoms with E-state index < -0.39 is 0 Å². The molecule has 1 aromatic carbocycles. The molecule has 0 bridgehead atoms. The van der Waals surface area contributed by atoms with Crippen molar-refractivity contribution in [2.75, 3.05) is 13.2 Å². The van der Waals surface area contributed by atoms with Crippen molar-refractivity contribution in [3.63, 3.8) is 0 Å². The minimum absolute atomic E-state index is 0.0296. The molecular formula is C14H17NO2. The lowest BCUT2D eigenvalue weighted by atomic mass is 9.96. The van der Waals surface area contributed by atoms with Crippen molar-refractivity contribution < 1.29 is 9.84 Å². The lowest BCUT2D eigenvalue weighted by molar-refractivity contribution is 0.133. The van der Waals surface area contributed by atoms with Gasteiger partial charge in [-0.3, -0.25) is 0 Å². The number of rotatable bonds is 1. The molecular weight excluding hydrogens is 214 g/mol. The van der Waals surface area contributed by atoms with Crippen molar-refractivity contribution in [1.29, 1.82) is 0 Å². The summed E-state index contributed by atoms with van der Waals surface area (Å²) < 4.78 is 5.70. The van der Waals surface area contributed by atoms with Gasteiger partial charge in [-0.2, -0.15) is 0 Å². The average molecular weight is 231 g/mol. The summed E-state index contributed by atoms with van der Waals surface area (Å²) >= 11 is 0. The summed E-state index contributed by atoms with van der Waals surface area (Å²) in [6.07, 6.45) is 5.38. The lowest BCUT2D eigenvalue weighted by Crippen LogP contribution is -2.30. The van der Waals surface area contributed by atoms with Gasteiger partial charge in [-0.05, 0) is 12.0 Å². The normalized spacial score (nSPS) is 27.4. The number of para-hydroxylation sites is 1. The summed E-state index contributed by atoms with van der Waals surface area (Å²) in [7, 11) is 0. The summed E-state index contributed by atoms with van der Waals surface area (Å²) in [5.74, 6) is 0.978. The number of hydrogen-bond acceptors (Lipinski definition) is 3. The van der Waals surface area contributed by atoms with Gasteiger partial charge in [0.25, 0.3) is 0 Å². The van der Waals surface area contributed by atoms with Gasteiger partial charge in [0.05, 0.1) is 18.8 Å². The lowest BCUT2D eigenvalue weighted by Gasteiger charge is -2.23. The number of aliphatic hydroxyl groups is 1. The Balaban J connectivity index is 1.95. The first kappa shape index (κ1) is 10.8. The molecule has 90 valence electrons. The first-order chi connectivity index (χ1) is 8.36. The number of ether oxygens (including phenoxy) is 1. The van der Waals surface area contributed by atoms with Gasteiger partial charge >= 0.3 is 0 Å². The van der Waals surface area contributed by atoms with Crippen LogP contribution in [0.15, 0.2) is 30.4 Å². The van der Waals surface area contributed by atoms with Crippen molar-refractivity contribution >= 4 is 0 Å². The van der Waals surface area contributed by atoms with Crippen molar-refractivity contribution in [3.05, 3.63) is 41.5 Å². The maximum atomic E-state index is 10.2. The van der Waals surface area contributed by atoms with Gasteiger partial charge in [-0.15, -0.1) is 0 Å². The smallest absolute Gasteiger partial charge is 0.127 e. The molecule has 3 heteroatoms. The summed E-state index contributed by atoms with van der Waals surface area (Å²) in [5, 5.41) is 13.5. The van der Waals surface area contributed by atoms with Crippen LogP contribution in [0.1, 0.15) is 23.6 Å². The van der Waals surface area contributed by atoms with Crippen LogP contribution in [-0.4, -0.2) is 24.4 Å². The van der Waals surface area contributed by atoms with Crippen LogP contribution >= 0.6 is 0 Å². The number of fused-ring (bicyclic) bond motifs is 1. The maximum Gasteiger partial charge on any atom is 0.127 e. The minimum atomic E-state index is -0.385. The van der Waals surface area contributed by atoms with Crippen LogP contribution in [0.3, 0.4) is 0 Å². The van der Waals surface area contributed by atoms with Gasteiger partial charge in [-0.1, -0.05) is 30.4 Å². The highest BCUT2D eigenvalue weighted by atomic mass is 16.5. The van der Waals surface area contributed by atoms with Crippen LogP contribution < -0.4 is 10.1 Å².